The summed E-state index contributed by atoms with van der Waals surface area (Å²) in [5.74, 6) is 2.31. The molecule has 0 saturated heterocycles. The summed E-state index contributed by atoms with van der Waals surface area (Å²) in [5.41, 5.74) is 4.43. The molecular formula is C33H32N8O4. The molecule has 2 fully saturated rings. The summed E-state index contributed by atoms with van der Waals surface area (Å²) in [7, 11) is 3.43. The molecule has 2 atom stereocenters. The number of imidazole rings is 1. The van der Waals surface area contributed by atoms with Gasteiger partial charge in [0.05, 0.1) is 44.5 Å². The molecular weight excluding hydrogens is 572 g/mol. The van der Waals surface area contributed by atoms with Gasteiger partial charge in [-0.2, -0.15) is 10.1 Å². The van der Waals surface area contributed by atoms with Crippen molar-refractivity contribution in [1.29, 1.82) is 0 Å². The highest BCUT2D eigenvalue weighted by Gasteiger charge is 2.36. The lowest BCUT2D eigenvalue weighted by molar-refractivity contribution is -0.0503. The summed E-state index contributed by atoms with van der Waals surface area (Å²) in [4.78, 5) is 27.4. The molecule has 12 heteroatoms. The maximum Gasteiger partial charge on any atom is 0.274 e. The van der Waals surface area contributed by atoms with Crippen LogP contribution in [0.2, 0.25) is 0 Å². The third-order valence-electron chi connectivity index (χ3n) is 8.73. The van der Waals surface area contributed by atoms with E-state index in [1.165, 1.54) is 0 Å². The predicted octanol–water partition coefficient (Wildman–Crippen LogP) is 5.51. The van der Waals surface area contributed by atoms with Crippen LogP contribution < -0.4 is 20.3 Å². The number of methoxy groups -OCH3 is 1. The Morgan fingerprint density at radius 1 is 1.04 bits per heavy atom. The molecule has 6 aromatic rings. The number of nitrogens with one attached hydrogen (secondary N) is 1. The minimum atomic E-state index is -0.102. The first kappa shape index (κ1) is 27.3. The molecule has 1 aromatic carbocycles. The van der Waals surface area contributed by atoms with Crippen molar-refractivity contribution in [1.82, 2.24) is 33.7 Å². The second kappa shape index (κ2) is 11.0. The van der Waals surface area contributed by atoms with Crippen LogP contribution in [0.15, 0.2) is 78.4 Å². The molecule has 2 aliphatic rings. The summed E-state index contributed by atoms with van der Waals surface area (Å²) in [6.45, 7) is 0.527. The van der Waals surface area contributed by atoms with E-state index in [0.717, 1.165) is 36.8 Å². The van der Waals surface area contributed by atoms with Crippen LogP contribution in [0.5, 0.6) is 17.2 Å². The zero-order valence-electron chi connectivity index (χ0n) is 25.0. The molecule has 0 bridgehead atoms. The molecule has 1 unspecified atom stereocenters. The number of rotatable bonds is 10. The van der Waals surface area contributed by atoms with Gasteiger partial charge < -0.3 is 28.7 Å². The number of benzene rings is 1. The Morgan fingerprint density at radius 3 is 2.69 bits per heavy atom. The lowest BCUT2D eigenvalue weighted by Crippen LogP contribution is -2.41. The topological polar surface area (TPSA) is 123 Å². The lowest BCUT2D eigenvalue weighted by Gasteiger charge is -2.38. The van der Waals surface area contributed by atoms with E-state index in [2.05, 4.69) is 32.5 Å². The minimum Gasteiger partial charge on any atom is -0.491 e. The SMILES string of the molecule is COc1c(Oc2cnn3ccncc23)cnc2nc(Nc3cc(C4CC4)cn(C4CC[C@@H]4OCc4ccccc4)c3=O)n(C)c12. The van der Waals surface area contributed by atoms with Crippen LogP contribution in [0, 0.1) is 0 Å². The fourth-order valence-corrected chi connectivity index (χ4v) is 5.98. The van der Waals surface area contributed by atoms with E-state index in [-0.39, 0.29) is 17.7 Å². The molecule has 0 spiro atoms. The highest BCUT2D eigenvalue weighted by molar-refractivity contribution is 5.85. The van der Waals surface area contributed by atoms with Gasteiger partial charge in [-0.15, -0.1) is 0 Å². The van der Waals surface area contributed by atoms with Crippen LogP contribution in [0.25, 0.3) is 16.7 Å². The summed E-state index contributed by atoms with van der Waals surface area (Å²) in [5, 5.41) is 7.64. The van der Waals surface area contributed by atoms with E-state index in [0.29, 0.717) is 58.1 Å². The summed E-state index contributed by atoms with van der Waals surface area (Å²) < 4.78 is 23.7. The Bertz CT molecular complexity index is 2080. The van der Waals surface area contributed by atoms with E-state index in [4.69, 9.17) is 19.2 Å². The number of aromatic nitrogens is 7. The van der Waals surface area contributed by atoms with E-state index in [9.17, 15) is 4.79 Å². The van der Waals surface area contributed by atoms with Crippen molar-refractivity contribution >= 4 is 28.3 Å². The molecule has 0 radical (unpaired) electrons. The van der Waals surface area contributed by atoms with E-state index >= 15 is 0 Å². The molecule has 5 heterocycles. The maximum absolute atomic E-state index is 13.9. The number of aryl methyl sites for hydroxylation is 1. The zero-order chi connectivity index (χ0) is 30.5. The van der Waals surface area contributed by atoms with E-state index in [1.807, 2.05) is 46.6 Å². The first-order chi connectivity index (χ1) is 22.1. The Morgan fingerprint density at radius 2 is 1.91 bits per heavy atom. The second-order valence-electron chi connectivity index (χ2n) is 11.6. The van der Waals surface area contributed by atoms with Crippen LogP contribution in [0.1, 0.15) is 48.8 Å². The normalized spacial score (nSPS) is 17.8. The first-order valence-corrected chi connectivity index (χ1v) is 15.1. The van der Waals surface area contributed by atoms with Gasteiger partial charge in [0.2, 0.25) is 5.95 Å². The van der Waals surface area contributed by atoms with Crippen LogP contribution in [-0.4, -0.2) is 46.9 Å². The fraction of sp³-hybridized carbons (Fsp3) is 0.303. The second-order valence-corrected chi connectivity index (χ2v) is 11.6. The quantitative estimate of drug-likeness (QED) is 0.215. The number of hydrogen-bond acceptors (Lipinski definition) is 9. The Kier molecular flexibility index (Phi) is 6.71. The number of pyridine rings is 2. The van der Waals surface area contributed by atoms with Crippen molar-refractivity contribution in [2.75, 3.05) is 12.4 Å². The number of nitrogens with zero attached hydrogens (tertiary/aromatic N) is 7. The van der Waals surface area contributed by atoms with Crippen LogP contribution in [0.3, 0.4) is 0 Å². The molecule has 2 aliphatic carbocycles. The molecule has 5 aromatic heterocycles. The summed E-state index contributed by atoms with van der Waals surface area (Å²) in [6, 6.07) is 12.1. The molecule has 8 rings (SSSR count). The summed E-state index contributed by atoms with van der Waals surface area (Å²) >= 11 is 0. The Labute approximate surface area is 258 Å². The van der Waals surface area contributed by atoms with Crippen LogP contribution >= 0.6 is 0 Å². The smallest absolute Gasteiger partial charge is 0.274 e. The van der Waals surface area contributed by atoms with Crippen molar-refractivity contribution in [3.8, 4) is 17.2 Å². The van der Waals surface area contributed by atoms with Crippen molar-refractivity contribution in [2.24, 2.45) is 7.05 Å². The third kappa shape index (κ3) is 4.96. The highest BCUT2D eigenvalue weighted by Crippen LogP contribution is 2.43. The van der Waals surface area contributed by atoms with Gasteiger partial charge in [-0.25, -0.2) is 9.50 Å². The molecule has 0 aliphatic heterocycles. The Hall–Kier alpha value is -5.23. The highest BCUT2D eigenvalue weighted by atomic mass is 16.5. The maximum atomic E-state index is 13.9. The standard InChI is InChI=1S/C33H32N8O4/c1-39-29-30(43-2)28(45-27-17-36-41-13-12-34-15-25(27)41)16-35-31(29)38-33(39)37-23-14-22(21-8-9-21)18-40(32(23)42)24-10-11-26(24)44-19-20-6-4-3-5-7-20/h3-7,12-18,21,24,26H,8-11,19H2,1-2H3,(H,35,37,38)/t24?,26-/m0/s1. The van der Waals surface area contributed by atoms with Gasteiger partial charge in [-0.1, -0.05) is 30.3 Å². The molecule has 1 N–H and O–H groups in total. The van der Waals surface area contributed by atoms with Gasteiger partial charge in [-0.3, -0.25) is 9.78 Å². The van der Waals surface area contributed by atoms with Crippen LogP contribution in [-0.2, 0) is 18.4 Å². The average molecular weight is 605 g/mol. The Balaban J connectivity index is 1.10. The van der Waals surface area contributed by atoms with E-state index in [1.54, 1.807) is 42.6 Å². The van der Waals surface area contributed by atoms with Crippen molar-refractivity contribution in [3.05, 3.63) is 95.1 Å². The van der Waals surface area contributed by atoms with Gasteiger partial charge >= 0.3 is 0 Å². The molecule has 2 saturated carbocycles. The van der Waals surface area contributed by atoms with Crippen molar-refractivity contribution in [2.45, 2.75) is 50.4 Å². The predicted molar refractivity (Wildman–Crippen MR) is 167 cm³/mol. The third-order valence-corrected chi connectivity index (χ3v) is 8.73. The van der Waals surface area contributed by atoms with Crippen LogP contribution in [0.4, 0.5) is 11.6 Å². The van der Waals surface area contributed by atoms with Crippen molar-refractivity contribution in [3.63, 3.8) is 0 Å². The number of ether oxygens (including phenoxy) is 3. The minimum absolute atomic E-state index is 0.0162. The number of anilines is 2. The van der Waals surface area contributed by atoms with Gasteiger partial charge in [0.1, 0.15) is 16.7 Å². The molecule has 12 nitrogen and oxygen atoms in total. The average Bonchev–Trinajstić information content (AvgIpc) is 3.76. The van der Waals surface area contributed by atoms with E-state index < -0.39 is 0 Å². The lowest BCUT2D eigenvalue weighted by atomic mass is 9.88. The molecule has 0 amide bonds. The molecule has 228 valence electrons. The van der Waals surface area contributed by atoms with Gasteiger partial charge in [-0.05, 0) is 48.8 Å². The summed E-state index contributed by atoms with van der Waals surface area (Å²) in [6.07, 6.45) is 14.3. The van der Waals surface area contributed by atoms with Gasteiger partial charge in [0.15, 0.2) is 22.9 Å². The zero-order valence-corrected chi connectivity index (χ0v) is 25.0. The monoisotopic (exact) mass is 604 g/mol. The van der Waals surface area contributed by atoms with Gasteiger partial charge in [0, 0.05) is 25.6 Å². The number of hydrogen-bond donors (Lipinski definition) is 1. The molecule has 45 heavy (non-hydrogen) atoms. The largest absolute Gasteiger partial charge is 0.491 e. The number of fused-ring (bicyclic) bond motifs is 2. The fourth-order valence-electron chi connectivity index (χ4n) is 5.98. The van der Waals surface area contributed by atoms with Crippen molar-refractivity contribution < 1.29 is 14.2 Å². The first-order valence-electron chi connectivity index (χ1n) is 15.1. The van der Waals surface area contributed by atoms with Gasteiger partial charge in [0.25, 0.3) is 5.56 Å².